The summed E-state index contributed by atoms with van der Waals surface area (Å²) in [7, 11) is 0. The molecule has 0 saturated carbocycles. The second-order valence-electron chi connectivity index (χ2n) is 5.79. The highest BCUT2D eigenvalue weighted by molar-refractivity contribution is 6.34. The molecule has 1 heterocycles. The number of hydrogen-bond donors (Lipinski definition) is 3. The topological polar surface area (TPSA) is 105 Å². The number of carboxylic acid groups (broad SMARTS) is 1. The zero-order valence-electron chi connectivity index (χ0n) is 13.2. The van der Waals surface area contributed by atoms with Crippen LogP contribution in [0.15, 0.2) is 18.2 Å². The molecule has 0 radical (unpaired) electrons. The van der Waals surface area contributed by atoms with Crippen LogP contribution in [0.5, 0.6) is 0 Å². The number of anilines is 1. The first kappa shape index (κ1) is 18.2. The maximum atomic E-state index is 12.6. The highest BCUT2D eigenvalue weighted by Gasteiger charge is 2.37. The lowest BCUT2D eigenvalue weighted by molar-refractivity contribution is -0.139. The summed E-state index contributed by atoms with van der Waals surface area (Å²) in [5, 5.41) is 14.8. The average molecular weight is 355 g/mol. The van der Waals surface area contributed by atoms with E-state index in [9.17, 15) is 14.4 Å². The van der Waals surface area contributed by atoms with Crippen molar-refractivity contribution in [2.45, 2.75) is 31.7 Å². The molecule has 1 aliphatic heterocycles. The fraction of sp³-hybridized carbons (Fsp3) is 0.438. The summed E-state index contributed by atoms with van der Waals surface area (Å²) < 4.78 is 5.26. The molecule has 0 aliphatic carbocycles. The number of hydrogen-bond acceptors (Lipinski definition) is 4. The fourth-order valence-corrected chi connectivity index (χ4v) is 2.89. The minimum Gasteiger partial charge on any atom is -0.481 e. The number of halogens is 1. The number of ether oxygens (including phenoxy) is 1. The number of aliphatic carboxylic acids is 1. The third kappa shape index (κ3) is 4.69. The largest absolute Gasteiger partial charge is 0.481 e. The smallest absolute Gasteiger partial charge is 0.305 e. The number of rotatable bonds is 5. The molecule has 7 nitrogen and oxygen atoms in total. The van der Waals surface area contributed by atoms with Crippen molar-refractivity contribution in [3.63, 3.8) is 0 Å². The Kier molecular flexibility index (Phi) is 5.80. The van der Waals surface area contributed by atoms with Crippen molar-refractivity contribution >= 4 is 35.1 Å². The summed E-state index contributed by atoms with van der Waals surface area (Å²) in [5.74, 6) is -1.74. The van der Waals surface area contributed by atoms with E-state index in [0.717, 1.165) is 0 Å². The molecule has 2 rings (SSSR count). The number of amides is 2. The van der Waals surface area contributed by atoms with E-state index in [-0.39, 0.29) is 22.9 Å². The van der Waals surface area contributed by atoms with Gasteiger partial charge in [-0.3, -0.25) is 14.4 Å². The first-order valence-corrected chi connectivity index (χ1v) is 7.88. The molecule has 1 aliphatic rings. The van der Waals surface area contributed by atoms with Crippen molar-refractivity contribution in [2.24, 2.45) is 0 Å². The number of benzene rings is 1. The predicted octanol–water partition coefficient (Wildman–Crippen LogP) is 2.05. The molecular formula is C16H19ClN2O5. The van der Waals surface area contributed by atoms with Crippen LogP contribution in [0.25, 0.3) is 0 Å². The minimum atomic E-state index is -0.990. The van der Waals surface area contributed by atoms with E-state index in [1.807, 2.05) is 0 Å². The highest BCUT2D eigenvalue weighted by atomic mass is 35.5. The Morgan fingerprint density at radius 1 is 1.29 bits per heavy atom. The van der Waals surface area contributed by atoms with Crippen molar-refractivity contribution in [3.8, 4) is 0 Å². The molecular weight excluding hydrogens is 336 g/mol. The van der Waals surface area contributed by atoms with E-state index in [0.29, 0.717) is 31.7 Å². The molecule has 1 aromatic carbocycles. The summed E-state index contributed by atoms with van der Waals surface area (Å²) in [4.78, 5) is 34.9. The molecule has 0 unspecified atom stereocenters. The summed E-state index contributed by atoms with van der Waals surface area (Å²) in [6, 6.07) is 4.56. The van der Waals surface area contributed by atoms with Gasteiger partial charge >= 0.3 is 5.97 Å². The zero-order valence-corrected chi connectivity index (χ0v) is 14.0. The van der Waals surface area contributed by atoms with Crippen LogP contribution < -0.4 is 10.6 Å². The minimum absolute atomic E-state index is 0.180. The Morgan fingerprint density at radius 3 is 2.54 bits per heavy atom. The second-order valence-corrected chi connectivity index (χ2v) is 6.20. The SMILES string of the molecule is CC(=O)Nc1ccc(Cl)c(C(=O)NC2(CC(=O)O)CCOCC2)c1. The molecule has 8 heteroatoms. The molecule has 24 heavy (non-hydrogen) atoms. The summed E-state index contributed by atoms with van der Waals surface area (Å²) in [6.07, 6.45) is 0.632. The number of carbonyl (C=O) groups excluding carboxylic acids is 2. The maximum absolute atomic E-state index is 12.6. The van der Waals surface area contributed by atoms with Gasteiger partial charge < -0.3 is 20.5 Å². The summed E-state index contributed by atoms with van der Waals surface area (Å²) in [5.41, 5.74) is -0.246. The maximum Gasteiger partial charge on any atom is 0.305 e. The molecule has 1 saturated heterocycles. The zero-order chi connectivity index (χ0) is 17.7. The van der Waals surface area contributed by atoms with Crippen molar-refractivity contribution in [3.05, 3.63) is 28.8 Å². The lowest BCUT2D eigenvalue weighted by Crippen LogP contribution is -2.53. The second kappa shape index (κ2) is 7.63. The Balaban J connectivity index is 2.23. The first-order valence-electron chi connectivity index (χ1n) is 7.50. The van der Waals surface area contributed by atoms with Gasteiger partial charge in [-0.25, -0.2) is 0 Å². The van der Waals surface area contributed by atoms with Gasteiger partial charge in [-0.05, 0) is 31.0 Å². The third-order valence-corrected chi connectivity index (χ3v) is 4.18. The van der Waals surface area contributed by atoms with Crippen LogP contribution in [0.2, 0.25) is 5.02 Å². The van der Waals surface area contributed by atoms with Crippen molar-refractivity contribution in [1.82, 2.24) is 5.32 Å². The number of nitrogens with one attached hydrogen (secondary N) is 2. The van der Waals surface area contributed by atoms with E-state index in [4.69, 9.17) is 21.4 Å². The van der Waals surface area contributed by atoms with E-state index >= 15 is 0 Å². The quantitative estimate of drug-likeness (QED) is 0.750. The first-order chi connectivity index (χ1) is 11.3. The normalized spacial score (nSPS) is 16.2. The van der Waals surface area contributed by atoms with Gasteiger partial charge in [-0.1, -0.05) is 11.6 Å². The Bertz CT molecular complexity index is 656. The van der Waals surface area contributed by atoms with Crippen LogP contribution in [0.1, 0.15) is 36.5 Å². The Morgan fingerprint density at radius 2 is 1.96 bits per heavy atom. The van der Waals surface area contributed by atoms with Crippen molar-refractivity contribution in [1.29, 1.82) is 0 Å². The van der Waals surface area contributed by atoms with Gasteiger partial charge in [0.25, 0.3) is 5.91 Å². The Hall–Kier alpha value is -2.12. The average Bonchev–Trinajstić information content (AvgIpc) is 2.48. The lowest BCUT2D eigenvalue weighted by atomic mass is 9.86. The van der Waals surface area contributed by atoms with Crippen LogP contribution in [-0.2, 0) is 14.3 Å². The fourth-order valence-electron chi connectivity index (χ4n) is 2.69. The van der Waals surface area contributed by atoms with Crippen LogP contribution >= 0.6 is 11.6 Å². The summed E-state index contributed by atoms with van der Waals surface area (Å²) >= 11 is 6.08. The lowest BCUT2D eigenvalue weighted by Gasteiger charge is -2.37. The highest BCUT2D eigenvalue weighted by Crippen LogP contribution is 2.27. The standard InChI is InChI=1S/C16H19ClN2O5/c1-10(20)18-11-2-3-13(17)12(8-11)15(23)19-16(9-14(21)22)4-6-24-7-5-16/h2-3,8H,4-7,9H2,1H3,(H,18,20)(H,19,23)(H,21,22). The molecule has 0 aromatic heterocycles. The van der Waals surface area contributed by atoms with Crippen molar-refractivity contribution < 1.29 is 24.2 Å². The Labute approximate surface area is 144 Å². The van der Waals surface area contributed by atoms with Gasteiger partial charge in [0.15, 0.2) is 0 Å². The van der Waals surface area contributed by atoms with E-state index in [2.05, 4.69) is 10.6 Å². The molecule has 3 N–H and O–H groups in total. The molecule has 1 aromatic rings. The monoisotopic (exact) mass is 354 g/mol. The number of carbonyl (C=O) groups is 3. The van der Waals surface area contributed by atoms with Crippen molar-refractivity contribution in [2.75, 3.05) is 18.5 Å². The number of carboxylic acids is 1. The van der Waals surface area contributed by atoms with E-state index in [1.54, 1.807) is 6.07 Å². The molecule has 130 valence electrons. The van der Waals surface area contributed by atoms with E-state index in [1.165, 1.54) is 19.1 Å². The molecule has 0 bridgehead atoms. The molecule has 0 atom stereocenters. The molecule has 0 spiro atoms. The van der Waals surface area contributed by atoms with Crippen LogP contribution in [0.3, 0.4) is 0 Å². The third-order valence-electron chi connectivity index (χ3n) is 3.85. The van der Waals surface area contributed by atoms with Gasteiger partial charge in [-0.2, -0.15) is 0 Å². The van der Waals surface area contributed by atoms with Gasteiger partial charge in [-0.15, -0.1) is 0 Å². The van der Waals surface area contributed by atoms with Gasteiger partial charge in [0.2, 0.25) is 5.91 Å². The predicted molar refractivity (Wildman–Crippen MR) is 88.3 cm³/mol. The van der Waals surface area contributed by atoms with Gasteiger partial charge in [0.1, 0.15) is 0 Å². The molecule has 2 amide bonds. The van der Waals surface area contributed by atoms with Crippen LogP contribution in [0, 0.1) is 0 Å². The van der Waals surface area contributed by atoms with Crippen LogP contribution in [0.4, 0.5) is 5.69 Å². The van der Waals surface area contributed by atoms with Crippen LogP contribution in [-0.4, -0.2) is 41.6 Å². The summed E-state index contributed by atoms with van der Waals surface area (Å²) in [6.45, 7) is 2.12. The van der Waals surface area contributed by atoms with Gasteiger partial charge in [0.05, 0.1) is 22.5 Å². The van der Waals surface area contributed by atoms with Gasteiger partial charge in [0, 0.05) is 25.8 Å². The van der Waals surface area contributed by atoms with E-state index < -0.39 is 17.4 Å². The molecule has 1 fully saturated rings.